The molecular formula is C25H33N3O7S. The Labute approximate surface area is 212 Å². The summed E-state index contributed by atoms with van der Waals surface area (Å²) in [7, 11) is -0.513. The summed E-state index contributed by atoms with van der Waals surface area (Å²) in [6.07, 6.45) is 1.88. The van der Waals surface area contributed by atoms with Crippen molar-refractivity contribution < 1.29 is 32.2 Å². The molecule has 196 valence electrons. The normalized spacial score (nSPS) is 13.1. The highest BCUT2D eigenvalue weighted by Crippen LogP contribution is 2.36. The van der Waals surface area contributed by atoms with Gasteiger partial charge in [-0.2, -0.15) is 0 Å². The molecule has 2 aromatic carbocycles. The van der Waals surface area contributed by atoms with Crippen LogP contribution >= 0.6 is 0 Å². The van der Waals surface area contributed by atoms with Gasteiger partial charge in [0, 0.05) is 32.6 Å². The van der Waals surface area contributed by atoms with Gasteiger partial charge in [0.05, 0.1) is 19.1 Å². The molecule has 3 rings (SSSR count). The lowest BCUT2D eigenvalue weighted by molar-refractivity contribution is -0.141. The molecule has 1 atom stereocenters. The Morgan fingerprint density at radius 2 is 1.89 bits per heavy atom. The van der Waals surface area contributed by atoms with Crippen LogP contribution in [-0.2, 0) is 26.2 Å². The van der Waals surface area contributed by atoms with Crippen molar-refractivity contribution in [3.05, 3.63) is 48.0 Å². The number of hydrogen-bond donors (Lipinski definition) is 1. The number of sulfonamides is 1. The van der Waals surface area contributed by atoms with Gasteiger partial charge in [-0.1, -0.05) is 19.1 Å². The second-order valence-corrected chi connectivity index (χ2v) is 10.3. The molecule has 0 aliphatic carbocycles. The first-order valence-corrected chi connectivity index (χ1v) is 13.5. The van der Waals surface area contributed by atoms with Crippen LogP contribution < -0.4 is 23.8 Å². The summed E-state index contributed by atoms with van der Waals surface area (Å²) in [5, 5.41) is 2.63. The van der Waals surface area contributed by atoms with Crippen LogP contribution in [0, 0.1) is 0 Å². The van der Waals surface area contributed by atoms with E-state index in [2.05, 4.69) is 5.32 Å². The first kappa shape index (κ1) is 27.1. The van der Waals surface area contributed by atoms with Crippen molar-refractivity contribution in [3.63, 3.8) is 0 Å². The summed E-state index contributed by atoms with van der Waals surface area (Å²) < 4.78 is 42.2. The molecule has 2 amide bonds. The fourth-order valence-corrected chi connectivity index (χ4v) is 5.06. The zero-order valence-electron chi connectivity index (χ0n) is 21.0. The molecule has 36 heavy (non-hydrogen) atoms. The Morgan fingerprint density at radius 3 is 2.56 bits per heavy atom. The maximum atomic E-state index is 13.4. The van der Waals surface area contributed by atoms with Crippen molar-refractivity contribution >= 4 is 27.5 Å². The molecule has 1 aliphatic heterocycles. The first-order valence-electron chi connectivity index (χ1n) is 11.7. The van der Waals surface area contributed by atoms with Crippen LogP contribution in [0.1, 0.15) is 31.7 Å². The molecule has 0 unspecified atom stereocenters. The third-order valence-electron chi connectivity index (χ3n) is 5.92. The molecule has 0 aromatic heterocycles. The highest BCUT2D eigenvalue weighted by atomic mass is 32.2. The lowest BCUT2D eigenvalue weighted by Crippen LogP contribution is -2.48. The van der Waals surface area contributed by atoms with Gasteiger partial charge in [-0.3, -0.25) is 13.9 Å². The predicted molar refractivity (Wildman–Crippen MR) is 136 cm³/mol. The summed E-state index contributed by atoms with van der Waals surface area (Å²) in [6, 6.07) is 11.6. The summed E-state index contributed by atoms with van der Waals surface area (Å²) in [5.74, 6) is 1.17. The van der Waals surface area contributed by atoms with Gasteiger partial charge >= 0.3 is 0 Å². The van der Waals surface area contributed by atoms with E-state index in [1.165, 1.54) is 11.4 Å². The largest absolute Gasteiger partial charge is 0.497 e. The van der Waals surface area contributed by atoms with E-state index < -0.39 is 16.1 Å². The van der Waals surface area contributed by atoms with E-state index >= 15 is 0 Å². The average Bonchev–Trinajstić information content (AvgIpc) is 3.33. The van der Waals surface area contributed by atoms with Crippen molar-refractivity contribution in [1.82, 2.24) is 10.2 Å². The quantitative estimate of drug-likeness (QED) is 0.458. The van der Waals surface area contributed by atoms with Crippen molar-refractivity contribution in [1.29, 1.82) is 0 Å². The molecule has 0 saturated carbocycles. The Kier molecular flexibility index (Phi) is 9.03. The second-order valence-electron chi connectivity index (χ2n) is 8.39. The number of anilines is 1. The van der Waals surface area contributed by atoms with E-state index in [1.54, 1.807) is 30.2 Å². The number of nitrogens with zero attached hydrogens (tertiary/aromatic N) is 2. The fraction of sp³-hybridized carbons (Fsp3) is 0.440. The second kappa shape index (κ2) is 12.0. The SMILES string of the molecule is CC[C@H](C(=O)NC)N(Cc1cccc(OC)c1)C(=O)CCCN(c1ccc2c(c1)OCO2)S(C)(=O)=O. The molecule has 0 bridgehead atoms. The lowest BCUT2D eigenvalue weighted by Gasteiger charge is -2.31. The molecule has 10 nitrogen and oxygen atoms in total. The molecule has 0 fully saturated rings. The van der Waals surface area contributed by atoms with E-state index in [0.717, 1.165) is 11.8 Å². The number of benzene rings is 2. The first-order chi connectivity index (χ1) is 17.2. The van der Waals surface area contributed by atoms with Crippen molar-refractivity contribution in [2.45, 2.75) is 38.8 Å². The van der Waals surface area contributed by atoms with E-state index in [-0.39, 0.29) is 44.5 Å². The Morgan fingerprint density at radius 1 is 1.14 bits per heavy atom. The smallest absolute Gasteiger partial charge is 0.242 e. The summed E-state index contributed by atoms with van der Waals surface area (Å²) in [6.45, 7) is 2.24. The molecule has 1 aliphatic rings. The van der Waals surface area contributed by atoms with Crippen LogP contribution in [0.3, 0.4) is 0 Å². The standard InChI is InChI=1S/C25H33N3O7S/c1-5-21(25(30)26-2)27(16-18-8-6-9-20(14-18)33-3)24(29)10-7-13-28(36(4,31)32)19-11-12-22-23(15-19)35-17-34-22/h6,8-9,11-12,14-15,21H,5,7,10,13,16-17H2,1-4H3,(H,26,30)/t21-/m1/s1. The number of rotatable bonds is 12. The molecule has 1 N–H and O–H groups in total. The number of carbonyl (C=O) groups excluding carboxylic acids is 2. The van der Waals surface area contributed by atoms with Gasteiger partial charge < -0.3 is 24.4 Å². The Balaban J connectivity index is 1.75. The number of amides is 2. The van der Waals surface area contributed by atoms with E-state index in [1.807, 2.05) is 31.2 Å². The Hall–Kier alpha value is -3.47. The molecule has 0 saturated heterocycles. The molecule has 0 spiro atoms. The summed E-state index contributed by atoms with van der Waals surface area (Å²) >= 11 is 0. The molecular weight excluding hydrogens is 486 g/mol. The van der Waals surface area contributed by atoms with Crippen LogP contribution in [0.4, 0.5) is 5.69 Å². The van der Waals surface area contributed by atoms with Crippen LogP contribution in [0.25, 0.3) is 0 Å². The number of hydrogen-bond acceptors (Lipinski definition) is 7. The number of methoxy groups -OCH3 is 1. The van der Waals surface area contributed by atoms with Gasteiger partial charge in [-0.15, -0.1) is 0 Å². The Bertz CT molecular complexity index is 1190. The van der Waals surface area contributed by atoms with Crippen LogP contribution in [-0.4, -0.2) is 64.9 Å². The monoisotopic (exact) mass is 519 g/mol. The van der Waals surface area contributed by atoms with Gasteiger partial charge in [0.15, 0.2) is 11.5 Å². The van der Waals surface area contributed by atoms with Crippen molar-refractivity contribution in [2.24, 2.45) is 0 Å². The van der Waals surface area contributed by atoms with Crippen LogP contribution in [0.15, 0.2) is 42.5 Å². The van der Waals surface area contributed by atoms with Gasteiger partial charge in [-0.25, -0.2) is 8.42 Å². The number of nitrogens with one attached hydrogen (secondary N) is 1. The van der Waals surface area contributed by atoms with Crippen LogP contribution in [0.5, 0.6) is 17.2 Å². The number of ether oxygens (including phenoxy) is 3. The number of fused-ring (bicyclic) bond motifs is 1. The average molecular weight is 520 g/mol. The summed E-state index contributed by atoms with van der Waals surface area (Å²) in [4.78, 5) is 27.4. The van der Waals surface area contributed by atoms with E-state index in [4.69, 9.17) is 14.2 Å². The highest BCUT2D eigenvalue weighted by Gasteiger charge is 2.28. The molecule has 1 heterocycles. The number of carbonyl (C=O) groups is 2. The third-order valence-corrected chi connectivity index (χ3v) is 7.11. The third kappa shape index (κ3) is 6.60. The molecule has 0 radical (unpaired) electrons. The zero-order valence-corrected chi connectivity index (χ0v) is 21.8. The van der Waals surface area contributed by atoms with Gasteiger partial charge in [0.25, 0.3) is 0 Å². The number of likely N-dealkylation sites (N-methyl/N-ethyl adjacent to an activating group) is 1. The minimum atomic E-state index is -3.61. The van der Waals surface area contributed by atoms with Crippen molar-refractivity contribution in [2.75, 3.05) is 38.1 Å². The maximum absolute atomic E-state index is 13.4. The molecule has 2 aromatic rings. The minimum Gasteiger partial charge on any atom is -0.497 e. The predicted octanol–water partition coefficient (Wildman–Crippen LogP) is 2.52. The van der Waals surface area contributed by atoms with Gasteiger partial charge in [-0.05, 0) is 42.7 Å². The molecule has 11 heteroatoms. The van der Waals surface area contributed by atoms with E-state index in [9.17, 15) is 18.0 Å². The zero-order chi connectivity index (χ0) is 26.3. The minimum absolute atomic E-state index is 0.0635. The lowest BCUT2D eigenvalue weighted by atomic mass is 10.1. The summed E-state index contributed by atoms with van der Waals surface area (Å²) in [5.41, 5.74) is 1.25. The van der Waals surface area contributed by atoms with Gasteiger partial charge in [0.2, 0.25) is 28.6 Å². The van der Waals surface area contributed by atoms with Gasteiger partial charge in [0.1, 0.15) is 11.8 Å². The highest BCUT2D eigenvalue weighted by molar-refractivity contribution is 7.92. The fourth-order valence-electron chi connectivity index (χ4n) is 4.10. The van der Waals surface area contributed by atoms with Crippen LogP contribution in [0.2, 0.25) is 0 Å². The maximum Gasteiger partial charge on any atom is 0.242 e. The van der Waals surface area contributed by atoms with E-state index in [0.29, 0.717) is 29.4 Å². The topological polar surface area (TPSA) is 114 Å². The van der Waals surface area contributed by atoms with Crippen molar-refractivity contribution in [3.8, 4) is 17.2 Å².